The van der Waals surface area contributed by atoms with E-state index in [0.717, 1.165) is 24.1 Å². The van der Waals surface area contributed by atoms with Crippen molar-refractivity contribution in [3.8, 4) is 0 Å². The third-order valence-corrected chi connectivity index (χ3v) is 3.21. The zero-order valence-electron chi connectivity index (χ0n) is 11.0. The molecule has 0 saturated heterocycles. The van der Waals surface area contributed by atoms with Gasteiger partial charge in [0.05, 0.1) is 0 Å². The van der Waals surface area contributed by atoms with Crippen molar-refractivity contribution in [3.05, 3.63) is 52.9 Å². The smallest absolute Gasteiger partial charge is 0.116 e. The predicted molar refractivity (Wildman–Crippen MR) is 74.2 cm³/mol. The summed E-state index contributed by atoms with van der Waals surface area (Å²) in [5.41, 5.74) is 6.93. The highest BCUT2D eigenvalue weighted by atomic mass is 16.3. The highest BCUT2D eigenvalue weighted by Crippen LogP contribution is 2.32. The van der Waals surface area contributed by atoms with Gasteiger partial charge in [-0.3, -0.25) is 0 Å². The molecule has 94 valence electrons. The Bertz CT molecular complexity index is 520. The third-order valence-electron chi connectivity index (χ3n) is 3.21. The van der Waals surface area contributed by atoms with E-state index in [4.69, 9.17) is 0 Å². The third kappa shape index (κ3) is 2.81. The van der Waals surface area contributed by atoms with Gasteiger partial charge in [0, 0.05) is 6.08 Å². The summed E-state index contributed by atoms with van der Waals surface area (Å²) in [5, 5.41) is 10.8. The highest BCUT2D eigenvalue weighted by molar-refractivity contribution is 5.57. The van der Waals surface area contributed by atoms with Crippen molar-refractivity contribution in [1.29, 1.82) is 0 Å². The lowest BCUT2D eigenvalue weighted by Crippen LogP contribution is -2.25. The standard InChI is InChI=1S/C16H19NO/c1-17(2)13-7-12-16(18)11-6-5-9-14-8-3-4-10-15(14)16/h3-4,8-11,18H,7,12-13H2,1-2H3. The zero-order chi connectivity index (χ0) is 13.0. The first-order valence-electron chi connectivity index (χ1n) is 6.27. The normalized spacial score (nSPS) is 21.1. The fraction of sp³-hybridized carbons (Fsp3) is 0.375. The number of fused-ring (bicyclic) bond motifs is 1. The van der Waals surface area contributed by atoms with Gasteiger partial charge in [-0.1, -0.05) is 35.7 Å². The van der Waals surface area contributed by atoms with Crippen molar-refractivity contribution in [2.75, 3.05) is 20.6 Å². The summed E-state index contributed by atoms with van der Waals surface area (Å²) in [5.74, 6) is 0. The summed E-state index contributed by atoms with van der Waals surface area (Å²) in [6, 6.07) is 7.91. The van der Waals surface area contributed by atoms with E-state index >= 15 is 0 Å². The fourth-order valence-corrected chi connectivity index (χ4v) is 2.25. The minimum Gasteiger partial charge on any atom is -0.380 e. The molecular weight excluding hydrogens is 222 g/mol. The molecule has 1 atom stereocenters. The summed E-state index contributed by atoms with van der Waals surface area (Å²) in [4.78, 5) is 2.13. The van der Waals surface area contributed by atoms with Crippen LogP contribution in [0.5, 0.6) is 0 Å². The van der Waals surface area contributed by atoms with Crippen molar-refractivity contribution in [2.45, 2.75) is 18.4 Å². The van der Waals surface area contributed by atoms with Gasteiger partial charge in [-0.15, -0.1) is 0 Å². The second-order valence-electron chi connectivity index (χ2n) is 5.00. The SMILES string of the molecule is CN(C)CCCC1(O)C=C=C=Cc2ccccc21. The molecule has 2 nitrogen and oxygen atoms in total. The second-order valence-corrected chi connectivity index (χ2v) is 5.00. The molecule has 0 spiro atoms. The van der Waals surface area contributed by atoms with Gasteiger partial charge in [0.1, 0.15) is 5.60 Å². The van der Waals surface area contributed by atoms with Gasteiger partial charge >= 0.3 is 0 Å². The number of rotatable bonds is 4. The number of hydrogen-bond acceptors (Lipinski definition) is 2. The van der Waals surface area contributed by atoms with Crippen LogP contribution in [0.15, 0.2) is 41.8 Å². The van der Waals surface area contributed by atoms with E-state index in [0.29, 0.717) is 6.42 Å². The first-order chi connectivity index (χ1) is 8.62. The molecule has 1 aliphatic rings. The molecule has 0 amide bonds. The number of nitrogens with zero attached hydrogens (tertiary/aromatic N) is 1. The van der Waals surface area contributed by atoms with Gasteiger partial charge in [-0.2, -0.15) is 0 Å². The van der Waals surface area contributed by atoms with Crippen LogP contribution in [0.4, 0.5) is 0 Å². The van der Waals surface area contributed by atoms with Gasteiger partial charge in [0.15, 0.2) is 0 Å². The largest absolute Gasteiger partial charge is 0.380 e. The molecule has 1 aromatic rings. The summed E-state index contributed by atoms with van der Waals surface area (Å²) in [7, 11) is 4.09. The molecule has 0 aliphatic heterocycles. The van der Waals surface area contributed by atoms with Crippen molar-refractivity contribution >= 4 is 6.08 Å². The molecule has 0 saturated carbocycles. The lowest BCUT2D eigenvalue weighted by molar-refractivity contribution is 0.0750. The maximum atomic E-state index is 10.8. The average Bonchev–Trinajstić information content (AvgIpc) is 2.50. The highest BCUT2D eigenvalue weighted by Gasteiger charge is 2.28. The van der Waals surface area contributed by atoms with Gasteiger partial charge < -0.3 is 10.0 Å². The zero-order valence-corrected chi connectivity index (χ0v) is 11.0. The molecule has 1 aromatic carbocycles. The van der Waals surface area contributed by atoms with E-state index in [9.17, 15) is 5.11 Å². The maximum Gasteiger partial charge on any atom is 0.116 e. The Morgan fingerprint density at radius 3 is 2.78 bits per heavy atom. The molecule has 0 bridgehead atoms. The average molecular weight is 241 g/mol. The van der Waals surface area contributed by atoms with Crippen LogP contribution in [0.3, 0.4) is 0 Å². The Morgan fingerprint density at radius 1 is 1.22 bits per heavy atom. The van der Waals surface area contributed by atoms with Gasteiger partial charge in [-0.25, -0.2) is 0 Å². The van der Waals surface area contributed by atoms with E-state index in [2.05, 4.69) is 16.4 Å². The summed E-state index contributed by atoms with van der Waals surface area (Å²) in [6.45, 7) is 0.968. The quantitative estimate of drug-likeness (QED) is 0.819. The van der Waals surface area contributed by atoms with Crippen LogP contribution in [0.2, 0.25) is 0 Å². The molecule has 1 unspecified atom stereocenters. The Hall–Kier alpha value is -1.56. The Kier molecular flexibility index (Phi) is 3.86. The van der Waals surface area contributed by atoms with Crippen molar-refractivity contribution in [1.82, 2.24) is 4.90 Å². The monoisotopic (exact) mass is 241 g/mol. The number of hydrogen-bond donors (Lipinski definition) is 1. The van der Waals surface area contributed by atoms with Crippen LogP contribution in [-0.2, 0) is 5.60 Å². The summed E-state index contributed by atoms with van der Waals surface area (Å²) >= 11 is 0. The first-order valence-corrected chi connectivity index (χ1v) is 6.27. The molecule has 0 aromatic heterocycles. The lowest BCUT2D eigenvalue weighted by Gasteiger charge is -2.26. The van der Waals surface area contributed by atoms with Crippen LogP contribution < -0.4 is 0 Å². The van der Waals surface area contributed by atoms with Gasteiger partial charge in [0.25, 0.3) is 0 Å². The van der Waals surface area contributed by atoms with E-state index < -0.39 is 5.60 Å². The van der Waals surface area contributed by atoms with Gasteiger partial charge in [-0.05, 0) is 50.7 Å². The molecule has 18 heavy (non-hydrogen) atoms. The maximum absolute atomic E-state index is 10.8. The van der Waals surface area contributed by atoms with E-state index in [1.165, 1.54) is 0 Å². The lowest BCUT2D eigenvalue weighted by atomic mass is 9.86. The number of benzene rings is 1. The first kappa shape index (κ1) is 12.9. The second kappa shape index (κ2) is 5.39. The molecule has 0 heterocycles. The number of aliphatic hydroxyl groups is 1. The van der Waals surface area contributed by atoms with Crippen LogP contribution in [0, 0.1) is 0 Å². The van der Waals surface area contributed by atoms with Crippen molar-refractivity contribution in [3.63, 3.8) is 0 Å². The molecule has 0 fully saturated rings. The molecule has 0 radical (unpaired) electrons. The van der Waals surface area contributed by atoms with Crippen molar-refractivity contribution < 1.29 is 5.11 Å². The minimum absolute atomic E-state index is 0.699. The molecule has 1 aliphatic carbocycles. The van der Waals surface area contributed by atoms with E-state index in [1.807, 2.05) is 44.4 Å². The van der Waals surface area contributed by atoms with Crippen LogP contribution in [0.25, 0.3) is 6.08 Å². The van der Waals surface area contributed by atoms with Crippen LogP contribution >= 0.6 is 0 Å². The Labute approximate surface area is 109 Å². The minimum atomic E-state index is -0.924. The predicted octanol–water partition coefficient (Wildman–Crippen LogP) is 2.55. The molecule has 1 N–H and O–H groups in total. The summed E-state index contributed by atoms with van der Waals surface area (Å²) in [6.07, 6.45) is 5.24. The Balaban J connectivity index is 2.26. The van der Waals surface area contributed by atoms with Crippen LogP contribution in [-0.4, -0.2) is 30.6 Å². The van der Waals surface area contributed by atoms with Crippen LogP contribution in [0.1, 0.15) is 24.0 Å². The van der Waals surface area contributed by atoms with E-state index in [-0.39, 0.29) is 0 Å². The molecule has 2 heteroatoms. The topological polar surface area (TPSA) is 23.5 Å². The molecule has 2 rings (SSSR count). The Morgan fingerprint density at radius 2 is 2.00 bits per heavy atom. The molecular formula is C16H19NO. The van der Waals surface area contributed by atoms with E-state index in [1.54, 1.807) is 6.08 Å². The fourth-order valence-electron chi connectivity index (χ4n) is 2.25. The summed E-state index contributed by atoms with van der Waals surface area (Å²) < 4.78 is 0. The van der Waals surface area contributed by atoms with Crippen molar-refractivity contribution in [2.24, 2.45) is 0 Å². The van der Waals surface area contributed by atoms with Gasteiger partial charge in [0.2, 0.25) is 0 Å².